The maximum atomic E-state index is 13.9. The standard InChI is InChI=1S/C22H24FN7O2/c1-13(2)26-8-5-9-30-17(27-18-19(25)28-22(23)29-20(18)30)10-14-6-3-4-7-16(14)21-31-12-15(11-24)32-21/h3-4,6-7,12-13,21,26H,5,8-10H2,1-2H3,(H2,25,28,29). The van der Waals surface area contributed by atoms with E-state index in [9.17, 15) is 4.39 Å². The monoisotopic (exact) mass is 437 g/mol. The minimum Gasteiger partial charge on any atom is -0.454 e. The molecule has 0 spiro atoms. The average molecular weight is 437 g/mol. The van der Waals surface area contributed by atoms with Crippen molar-refractivity contribution in [2.75, 3.05) is 12.3 Å². The number of anilines is 1. The minimum absolute atomic E-state index is 0.00594. The summed E-state index contributed by atoms with van der Waals surface area (Å²) in [6.07, 6.45) is 0.921. The van der Waals surface area contributed by atoms with E-state index in [4.69, 9.17) is 20.5 Å². The fourth-order valence-corrected chi connectivity index (χ4v) is 3.62. The number of rotatable bonds is 8. The number of hydrogen-bond donors (Lipinski definition) is 2. The van der Waals surface area contributed by atoms with Gasteiger partial charge in [-0.25, -0.2) is 4.98 Å². The number of aromatic nitrogens is 4. The molecule has 4 rings (SSSR count). The van der Waals surface area contributed by atoms with Crippen LogP contribution in [0.15, 0.2) is 36.3 Å². The Kier molecular flexibility index (Phi) is 6.18. The molecule has 10 heteroatoms. The van der Waals surface area contributed by atoms with Crippen LogP contribution in [0.2, 0.25) is 0 Å². The molecule has 3 heterocycles. The van der Waals surface area contributed by atoms with Gasteiger partial charge in [0, 0.05) is 24.6 Å². The first-order chi connectivity index (χ1) is 15.5. The normalized spacial score (nSPS) is 15.5. The summed E-state index contributed by atoms with van der Waals surface area (Å²) < 4.78 is 26.9. The molecule has 3 N–H and O–H groups in total. The van der Waals surface area contributed by atoms with Crippen LogP contribution in [0.4, 0.5) is 10.2 Å². The van der Waals surface area contributed by atoms with E-state index in [1.807, 2.05) is 34.9 Å². The summed E-state index contributed by atoms with van der Waals surface area (Å²) in [4.78, 5) is 12.2. The molecule has 1 aliphatic heterocycles. The Balaban J connectivity index is 1.67. The van der Waals surface area contributed by atoms with E-state index in [-0.39, 0.29) is 11.6 Å². The van der Waals surface area contributed by atoms with Crippen LogP contribution in [-0.4, -0.2) is 32.1 Å². The fraction of sp³-hybridized carbons (Fsp3) is 0.364. The van der Waals surface area contributed by atoms with Gasteiger partial charge in [-0.05, 0) is 18.5 Å². The van der Waals surface area contributed by atoms with Crippen LogP contribution in [0.5, 0.6) is 0 Å². The van der Waals surface area contributed by atoms with Gasteiger partial charge in [-0.2, -0.15) is 19.6 Å². The SMILES string of the molecule is CC(C)NCCCn1c(Cc2ccccc2C2OC=C(C#N)O2)nc2c(N)nc(F)nc21. The topological polar surface area (TPSA) is 124 Å². The second-order valence-corrected chi connectivity index (χ2v) is 7.75. The number of aryl methyl sites for hydroxylation is 1. The van der Waals surface area contributed by atoms with E-state index in [2.05, 4.69) is 34.1 Å². The highest BCUT2D eigenvalue weighted by Crippen LogP contribution is 2.31. The van der Waals surface area contributed by atoms with Crippen LogP contribution in [0.3, 0.4) is 0 Å². The lowest BCUT2D eigenvalue weighted by Crippen LogP contribution is -2.24. The van der Waals surface area contributed by atoms with Crippen molar-refractivity contribution in [2.45, 2.75) is 45.6 Å². The lowest BCUT2D eigenvalue weighted by atomic mass is 10.0. The van der Waals surface area contributed by atoms with Gasteiger partial charge in [0.15, 0.2) is 17.0 Å². The van der Waals surface area contributed by atoms with Crippen LogP contribution in [0.25, 0.3) is 11.2 Å². The van der Waals surface area contributed by atoms with E-state index in [1.165, 1.54) is 6.26 Å². The van der Waals surface area contributed by atoms with Gasteiger partial charge in [0.05, 0.1) is 0 Å². The van der Waals surface area contributed by atoms with Gasteiger partial charge < -0.3 is 25.1 Å². The van der Waals surface area contributed by atoms with Crippen molar-refractivity contribution >= 4 is 17.0 Å². The third-order valence-corrected chi connectivity index (χ3v) is 5.08. The molecule has 2 aromatic heterocycles. The minimum atomic E-state index is -0.883. The van der Waals surface area contributed by atoms with Gasteiger partial charge in [0.2, 0.25) is 5.76 Å². The highest BCUT2D eigenvalue weighted by Gasteiger charge is 2.25. The lowest BCUT2D eigenvalue weighted by Gasteiger charge is -2.16. The van der Waals surface area contributed by atoms with E-state index in [1.54, 1.807) is 0 Å². The van der Waals surface area contributed by atoms with E-state index in [0.29, 0.717) is 36.0 Å². The summed E-state index contributed by atoms with van der Waals surface area (Å²) in [7, 11) is 0. The zero-order valence-corrected chi connectivity index (χ0v) is 17.9. The Morgan fingerprint density at radius 1 is 1.28 bits per heavy atom. The van der Waals surface area contributed by atoms with Crippen LogP contribution < -0.4 is 11.1 Å². The second-order valence-electron chi connectivity index (χ2n) is 7.75. The van der Waals surface area contributed by atoms with Crippen molar-refractivity contribution in [3.05, 3.63) is 59.3 Å². The highest BCUT2D eigenvalue weighted by molar-refractivity contribution is 5.82. The zero-order valence-electron chi connectivity index (χ0n) is 17.9. The Morgan fingerprint density at radius 3 is 2.84 bits per heavy atom. The van der Waals surface area contributed by atoms with Crippen molar-refractivity contribution < 1.29 is 13.9 Å². The predicted molar refractivity (Wildman–Crippen MR) is 115 cm³/mol. The summed E-state index contributed by atoms with van der Waals surface area (Å²) in [5.41, 5.74) is 8.35. The Morgan fingerprint density at radius 2 is 2.09 bits per heavy atom. The summed E-state index contributed by atoms with van der Waals surface area (Å²) >= 11 is 0. The summed E-state index contributed by atoms with van der Waals surface area (Å²) in [5, 5.41) is 12.4. The molecule has 9 nitrogen and oxygen atoms in total. The molecule has 1 unspecified atom stereocenters. The smallest absolute Gasteiger partial charge is 0.312 e. The predicted octanol–water partition coefficient (Wildman–Crippen LogP) is 2.94. The van der Waals surface area contributed by atoms with Crippen LogP contribution in [0.1, 0.15) is 43.5 Å². The number of nitrogens with one attached hydrogen (secondary N) is 1. The Hall–Kier alpha value is -3.71. The molecular weight excluding hydrogens is 413 g/mol. The molecule has 0 radical (unpaired) electrons. The van der Waals surface area contributed by atoms with Crippen LogP contribution in [0, 0.1) is 17.4 Å². The number of benzene rings is 1. The third kappa shape index (κ3) is 4.48. The van der Waals surface area contributed by atoms with Crippen LogP contribution in [-0.2, 0) is 22.4 Å². The molecule has 0 amide bonds. The molecular formula is C22H24FN7O2. The first-order valence-electron chi connectivity index (χ1n) is 10.4. The van der Waals surface area contributed by atoms with E-state index < -0.39 is 12.4 Å². The summed E-state index contributed by atoms with van der Waals surface area (Å²) in [6.45, 7) is 5.54. The highest BCUT2D eigenvalue weighted by atomic mass is 19.1. The average Bonchev–Trinajstić information content (AvgIpc) is 3.37. The van der Waals surface area contributed by atoms with E-state index >= 15 is 0 Å². The molecule has 1 atom stereocenters. The van der Waals surface area contributed by atoms with Crippen molar-refractivity contribution in [3.63, 3.8) is 0 Å². The molecule has 32 heavy (non-hydrogen) atoms. The van der Waals surface area contributed by atoms with Gasteiger partial charge in [-0.1, -0.05) is 38.1 Å². The first-order valence-corrected chi connectivity index (χ1v) is 10.4. The second kappa shape index (κ2) is 9.20. The molecule has 0 fully saturated rings. The maximum Gasteiger partial charge on any atom is 0.312 e. The molecule has 0 bridgehead atoms. The number of imidazole rings is 1. The molecule has 0 saturated carbocycles. The Labute approximate surface area is 184 Å². The number of halogens is 1. The largest absolute Gasteiger partial charge is 0.454 e. The van der Waals surface area contributed by atoms with Gasteiger partial charge >= 0.3 is 6.08 Å². The fourth-order valence-electron chi connectivity index (χ4n) is 3.62. The molecule has 1 aromatic carbocycles. The maximum absolute atomic E-state index is 13.9. The van der Waals surface area contributed by atoms with Gasteiger partial charge in [-0.3, -0.25) is 0 Å². The lowest BCUT2D eigenvalue weighted by molar-refractivity contribution is -0.0307. The number of nitrogen functional groups attached to an aromatic ring is 1. The van der Waals surface area contributed by atoms with Crippen molar-refractivity contribution in [1.29, 1.82) is 5.26 Å². The number of nitrogens with zero attached hydrogens (tertiary/aromatic N) is 5. The number of nitriles is 1. The molecule has 0 saturated heterocycles. The van der Waals surface area contributed by atoms with Gasteiger partial charge in [-0.15, -0.1) is 0 Å². The van der Waals surface area contributed by atoms with Gasteiger partial charge in [0.1, 0.15) is 18.2 Å². The van der Waals surface area contributed by atoms with E-state index in [0.717, 1.165) is 24.1 Å². The number of nitrogens with two attached hydrogens (primary N) is 1. The Bertz CT molecular complexity index is 1200. The van der Waals surface area contributed by atoms with Gasteiger partial charge in [0.25, 0.3) is 6.29 Å². The van der Waals surface area contributed by atoms with Crippen molar-refractivity contribution in [2.24, 2.45) is 0 Å². The molecule has 3 aromatic rings. The summed E-state index contributed by atoms with van der Waals surface area (Å²) in [5.74, 6) is 0.801. The number of hydrogen-bond acceptors (Lipinski definition) is 8. The number of ether oxygens (including phenoxy) is 2. The number of fused-ring (bicyclic) bond motifs is 1. The zero-order chi connectivity index (χ0) is 22.7. The molecule has 166 valence electrons. The van der Waals surface area contributed by atoms with Crippen molar-refractivity contribution in [1.82, 2.24) is 24.8 Å². The summed E-state index contributed by atoms with van der Waals surface area (Å²) in [6, 6.07) is 9.89. The molecule has 0 aliphatic carbocycles. The third-order valence-electron chi connectivity index (χ3n) is 5.08. The van der Waals surface area contributed by atoms with Crippen LogP contribution >= 0.6 is 0 Å². The quantitative estimate of drug-likeness (QED) is 0.407. The molecule has 1 aliphatic rings. The first kappa shape index (κ1) is 21.5. The van der Waals surface area contributed by atoms with Crippen molar-refractivity contribution in [3.8, 4) is 6.07 Å². The number of allylic oxidation sites excluding steroid dienone is 1.